The summed E-state index contributed by atoms with van der Waals surface area (Å²) in [6.07, 6.45) is -0.938. The quantitative estimate of drug-likeness (QED) is 0.791. The molecule has 0 amide bonds. The smallest absolute Gasteiger partial charge is 0.243 e. The standard InChI is InChI=1S/C13H19FN2O4S/c1-8-5-16(6-11(7-17)20-8)21(18,19)13-4-10(15)3-12(14)9(13)2/h3-4,8,11,17H,5-7,15H2,1-2H3. The molecule has 0 bridgehead atoms. The van der Waals surface area contributed by atoms with Gasteiger partial charge in [-0.3, -0.25) is 0 Å². The van der Waals surface area contributed by atoms with Crippen molar-refractivity contribution in [3.63, 3.8) is 0 Å². The van der Waals surface area contributed by atoms with Crippen LogP contribution in [-0.2, 0) is 14.8 Å². The molecule has 1 heterocycles. The molecule has 21 heavy (non-hydrogen) atoms. The van der Waals surface area contributed by atoms with E-state index in [9.17, 15) is 17.9 Å². The van der Waals surface area contributed by atoms with Gasteiger partial charge in [0, 0.05) is 24.3 Å². The number of aliphatic hydroxyl groups is 1. The van der Waals surface area contributed by atoms with E-state index in [1.807, 2.05) is 0 Å². The molecule has 1 fully saturated rings. The number of ether oxygens (including phenoxy) is 1. The van der Waals surface area contributed by atoms with Crippen LogP contribution in [0.4, 0.5) is 10.1 Å². The van der Waals surface area contributed by atoms with Crippen LogP contribution in [-0.4, -0.2) is 49.7 Å². The Hall–Kier alpha value is -1.22. The molecule has 1 aromatic rings. The Kier molecular flexibility index (Phi) is 4.52. The largest absolute Gasteiger partial charge is 0.399 e. The van der Waals surface area contributed by atoms with E-state index < -0.39 is 21.9 Å². The van der Waals surface area contributed by atoms with Crippen molar-refractivity contribution >= 4 is 15.7 Å². The molecule has 2 unspecified atom stereocenters. The number of aliphatic hydroxyl groups excluding tert-OH is 1. The van der Waals surface area contributed by atoms with Crippen molar-refractivity contribution in [1.29, 1.82) is 0 Å². The van der Waals surface area contributed by atoms with Crippen molar-refractivity contribution < 1.29 is 22.7 Å². The van der Waals surface area contributed by atoms with Crippen molar-refractivity contribution in [2.24, 2.45) is 0 Å². The molecule has 0 spiro atoms. The minimum absolute atomic E-state index is 0.0268. The highest BCUT2D eigenvalue weighted by molar-refractivity contribution is 7.89. The maximum Gasteiger partial charge on any atom is 0.243 e. The van der Waals surface area contributed by atoms with Gasteiger partial charge in [-0.05, 0) is 26.0 Å². The van der Waals surface area contributed by atoms with Crippen LogP contribution >= 0.6 is 0 Å². The Morgan fingerprint density at radius 2 is 2.14 bits per heavy atom. The van der Waals surface area contributed by atoms with Crippen LogP contribution in [0.2, 0.25) is 0 Å². The summed E-state index contributed by atoms with van der Waals surface area (Å²) in [7, 11) is -3.89. The van der Waals surface area contributed by atoms with Crippen molar-refractivity contribution in [2.75, 3.05) is 25.4 Å². The summed E-state index contributed by atoms with van der Waals surface area (Å²) in [4.78, 5) is -0.147. The molecule has 1 aliphatic rings. The first-order valence-electron chi connectivity index (χ1n) is 6.57. The van der Waals surface area contributed by atoms with Gasteiger partial charge in [0.2, 0.25) is 10.0 Å². The van der Waals surface area contributed by atoms with Gasteiger partial charge >= 0.3 is 0 Å². The van der Waals surface area contributed by atoms with Crippen molar-refractivity contribution in [1.82, 2.24) is 4.31 Å². The number of sulfonamides is 1. The fourth-order valence-corrected chi connectivity index (χ4v) is 4.20. The van der Waals surface area contributed by atoms with Crippen molar-refractivity contribution in [3.05, 3.63) is 23.5 Å². The zero-order chi connectivity index (χ0) is 15.8. The number of nitrogens with two attached hydrogens (primary N) is 1. The molecule has 3 N–H and O–H groups in total. The summed E-state index contributed by atoms with van der Waals surface area (Å²) in [5, 5.41) is 9.18. The van der Waals surface area contributed by atoms with Crippen LogP contribution in [0.15, 0.2) is 17.0 Å². The SMILES string of the molecule is Cc1c(F)cc(N)cc1S(=O)(=O)N1CC(C)OC(CO)C1. The minimum Gasteiger partial charge on any atom is -0.399 e. The summed E-state index contributed by atoms with van der Waals surface area (Å²) in [5.74, 6) is -0.659. The van der Waals surface area contributed by atoms with E-state index in [0.717, 1.165) is 6.07 Å². The molecule has 2 atom stereocenters. The van der Waals surface area contributed by atoms with E-state index in [-0.39, 0.29) is 41.9 Å². The van der Waals surface area contributed by atoms with E-state index in [0.29, 0.717) is 0 Å². The first kappa shape index (κ1) is 16.2. The zero-order valence-corrected chi connectivity index (χ0v) is 12.7. The van der Waals surface area contributed by atoms with E-state index in [4.69, 9.17) is 10.5 Å². The van der Waals surface area contributed by atoms with Crippen LogP contribution < -0.4 is 5.73 Å². The van der Waals surface area contributed by atoms with Gasteiger partial charge in [-0.1, -0.05) is 0 Å². The molecule has 1 aromatic carbocycles. The van der Waals surface area contributed by atoms with Gasteiger partial charge in [0.1, 0.15) is 5.82 Å². The lowest BCUT2D eigenvalue weighted by Gasteiger charge is -2.35. The molecule has 0 aromatic heterocycles. The number of hydrogen-bond acceptors (Lipinski definition) is 5. The highest BCUT2D eigenvalue weighted by Gasteiger charge is 2.35. The molecule has 0 radical (unpaired) electrons. The molecule has 118 valence electrons. The average Bonchev–Trinajstić information content (AvgIpc) is 2.41. The summed E-state index contributed by atoms with van der Waals surface area (Å²) in [6.45, 7) is 3.01. The number of halogens is 1. The van der Waals surface area contributed by atoms with E-state index in [2.05, 4.69) is 0 Å². The van der Waals surface area contributed by atoms with Gasteiger partial charge in [0.25, 0.3) is 0 Å². The molecule has 1 saturated heterocycles. The topological polar surface area (TPSA) is 92.9 Å². The third-order valence-corrected chi connectivity index (χ3v) is 5.39. The van der Waals surface area contributed by atoms with Gasteiger partial charge in [-0.2, -0.15) is 4.31 Å². The van der Waals surface area contributed by atoms with Crippen LogP contribution in [0, 0.1) is 12.7 Å². The van der Waals surface area contributed by atoms with Crippen LogP contribution in [0.1, 0.15) is 12.5 Å². The Morgan fingerprint density at radius 3 is 2.76 bits per heavy atom. The fourth-order valence-electron chi connectivity index (χ4n) is 2.38. The van der Waals surface area contributed by atoms with Gasteiger partial charge in [0.15, 0.2) is 0 Å². The van der Waals surface area contributed by atoms with Crippen LogP contribution in [0.3, 0.4) is 0 Å². The molecule has 8 heteroatoms. The number of rotatable bonds is 3. The molecule has 0 aliphatic carbocycles. The van der Waals surface area contributed by atoms with Crippen molar-refractivity contribution in [3.8, 4) is 0 Å². The molecule has 0 saturated carbocycles. The molecule has 1 aliphatic heterocycles. The average molecular weight is 318 g/mol. The molecule has 6 nitrogen and oxygen atoms in total. The molecular formula is C13H19FN2O4S. The van der Waals surface area contributed by atoms with E-state index >= 15 is 0 Å². The van der Waals surface area contributed by atoms with Crippen LogP contribution in [0.25, 0.3) is 0 Å². The third-order valence-electron chi connectivity index (χ3n) is 3.43. The summed E-state index contributed by atoms with van der Waals surface area (Å²) in [6, 6.07) is 2.34. The number of nitrogen functional groups attached to an aromatic ring is 1. The first-order chi connectivity index (χ1) is 9.75. The Morgan fingerprint density at radius 1 is 1.48 bits per heavy atom. The number of benzene rings is 1. The van der Waals surface area contributed by atoms with Gasteiger partial charge < -0.3 is 15.6 Å². The van der Waals surface area contributed by atoms with Crippen LogP contribution in [0.5, 0.6) is 0 Å². The summed E-state index contributed by atoms with van der Waals surface area (Å²) >= 11 is 0. The van der Waals surface area contributed by atoms with Gasteiger partial charge in [-0.15, -0.1) is 0 Å². The maximum absolute atomic E-state index is 13.7. The minimum atomic E-state index is -3.89. The Balaban J connectivity index is 2.42. The Labute approximate surface area is 123 Å². The second kappa shape index (κ2) is 5.88. The van der Waals surface area contributed by atoms with Gasteiger partial charge in [0.05, 0.1) is 23.7 Å². The number of hydrogen-bond donors (Lipinski definition) is 2. The highest BCUT2D eigenvalue weighted by atomic mass is 32.2. The van der Waals surface area contributed by atoms with Gasteiger partial charge in [-0.25, -0.2) is 12.8 Å². The number of anilines is 1. The monoisotopic (exact) mass is 318 g/mol. The summed E-state index contributed by atoms with van der Waals surface area (Å²) in [5.41, 5.74) is 5.63. The van der Waals surface area contributed by atoms with Crippen molar-refractivity contribution in [2.45, 2.75) is 31.0 Å². The zero-order valence-electron chi connectivity index (χ0n) is 11.9. The molecule has 2 rings (SSSR count). The first-order valence-corrected chi connectivity index (χ1v) is 8.01. The second-order valence-corrected chi connectivity index (χ2v) is 7.11. The second-order valence-electron chi connectivity index (χ2n) is 5.20. The normalized spacial score (nSPS) is 24.2. The van der Waals surface area contributed by atoms with E-state index in [1.165, 1.54) is 17.3 Å². The fraction of sp³-hybridized carbons (Fsp3) is 0.538. The predicted octanol–water partition coefficient (Wildman–Crippen LogP) is 0.487. The predicted molar refractivity (Wildman–Crippen MR) is 75.7 cm³/mol. The highest BCUT2D eigenvalue weighted by Crippen LogP contribution is 2.27. The number of morpholine rings is 1. The molecular weight excluding hydrogens is 299 g/mol. The Bertz CT molecular complexity index is 635. The third kappa shape index (κ3) is 3.18. The lowest BCUT2D eigenvalue weighted by atomic mass is 10.2. The lowest BCUT2D eigenvalue weighted by Crippen LogP contribution is -2.50. The van der Waals surface area contributed by atoms with E-state index in [1.54, 1.807) is 6.92 Å². The summed E-state index contributed by atoms with van der Waals surface area (Å²) < 4.78 is 45.7. The maximum atomic E-state index is 13.7. The lowest BCUT2D eigenvalue weighted by molar-refractivity contribution is -0.0750. The number of nitrogens with zero attached hydrogens (tertiary/aromatic N) is 1.